The Kier molecular flexibility index (Phi) is 4.20. The highest BCUT2D eigenvalue weighted by Crippen LogP contribution is 2.37. The van der Waals surface area contributed by atoms with Crippen molar-refractivity contribution >= 4 is 21.6 Å². The van der Waals surface area contributed by atoms with Gasteiger partial charge in [-0.25, -0.2) is 8.42 Å². The highest BCUT2D eigenvalue weighted by molar-refractivity contribution is 7.92. The number of sulfonamides is 1. The van der Waals surface area contributed by atoms with Crippen LogP contribution in [-0.2, 0) is 16.4 Å². The third kappa shape index (κ3) is 2.68. The van der Waals surface area contributed by atoms with Gasteiger partial charge in [0.05, 0.1) is 10.6 Å². The molecule has 0 fully saturated rings. The number of carbonyl (C=O) groups excluding carboxylic acids is 1. The van der Waals surface area contributed by atoms with Crippen molar-refractivity contribution in [2.75, 3.05) is 23.9 Å². The molecule has 2 heterocycles. The summed E-state index contributed by atoms with van der Waals surface area (Å²) < 4.78 is 28.0. The Morgan fingerprint density at radius 1 is 1.19 bits per heavy atom. The fourth-order valence-corrected chi connectivity index (χ4v) is 5.31. The van der Waals surface area contributed by atoms with Crippen molar-refractivity contribution in [2.24, 2.45) is 5.73 Å². The standard InChI is InChI=1S/C19H21N3O3S/c20-12-14-8-10-22(18-4-2-1-3-16(14)18)26(24,25)15-6-5-13-7-9-21-19(23)17(13)11-15/h1-6,11,14H,7-10,12,20H2,(H,21,23). The predicted octanol–water partition coefficient (Wildman–Crippen LogP) is 1.61. The van der Waals surface area contributed by atoms with Gasteiger partial charge in [0.2, 0.25) is 0 Å². The molecule has 2 aromatic carbocycles. The van der Waals surface area contributed by atoms with E-state index in [1.165, 1.54) is 10.4 Å². The number of nitrogens with one attached hydrogen (secondary N) is 1. The van der Waals surface area contributed by atoms with E-state index < -0.39 is 10.0 Å². The third-order valence-corrected chi connectivity index (χ3v) is 7.01. The van der Waals surface area contributed by atoms with Crippen molar-refractivity contribution in [3.63, 3.8) is 0 Å². The van der Waals surface area contributed by atoms with E-state index in [1.54, 1.807) is 12.1 Å². The molecule has 6 nitrogen and oxygen atoms in total. The zero-order valence-electron chi connectivity index (χ0n) is 14.3. The topological polar surface area (TPSA) is 92.5 Å². The zero-order valence-corrected chi connectivity index (χ0v) is 15.1. The number of carbonyl (C=O) groups is 1. The second kappa shape index (κ2) is 6.41. The fourth-order valence-electron chi connectivity index (χ4n) is 3.78. The van der Waals surface area contributed by atoms with Gasteiger partial charge in [0.15, 0.2) is 0 Å². The average Bonchev–Trinajstić information content (AvgIpc) is 2.67. The van der Waals surface area contributed by atoms with Gasteiger partial charge in [-0.2, -0.15) is 0 Å². The summed E-state index contributed by atoms with van der Waals surface area (Å²) in [6.45, 7) is 1.45. The highest BCUT2D eigenvalue weighted by atomic mass is 32.2. The van der Waals surface area contributed by atoms with E-state index in [9.17, 15) is 13.2 Å². The number of fused-ring (bicyclic) bond motifs is 2. The molecule has 7 heteroatoms. The van der Waals surface area contributed by atoms with Crippen molar-refractivity contribution in [2.45, 2.75) is 23.7 Å². The average molecular weight is 371 g/mol. The van der Waals surface area contributed by atoms with Crippen LogP contribution in [0.1, 0.15) is 33.8 Å². The van der Waals surface area contributed by atoms with Gasteiger partial charge < -0.3 is 11.1 Å². The van der Waals surface area contributed by atoms with E-state index in [4.69, 9.17) is 5.73 Å². The van der Waals surface area contributed by atoms with Crippen LogP contribution in [0.25, 0.3) is 0 Å². The van der Waals surface area contributed by atoms with Crippen LogP contribution in [0.15, 0.2) is 47.4 Å². The number of rotatable bonds is 3. The third-order valence-electron chi connectivity index (χ3n) is 5.20. The summed E-state index contributed by atoms with van der Waals surface area (Å²) >= 11 is 0. The molecule has 2 aromatic rings. The molecule has 1 unspecified atom stereocenters. The molecular weight excluding hydrogens is 350 g/mol. The molecule has 2 aliphatic rings. The number of hydrogen-bond donors (Lipinski definition) is 2. The molecule has 0 aliphatic carbocycles. The van der Waals surface area contributed by atoms with Crippen LogP contribution in [0.3, 0.4) is 0 Å². The van der Waals surface area contributed by atoms with Gasteiger partial charge in [0.25, 0.3) is 15.9 Å². The van der Waals surface area contributed by atoms with Crippen molar-refractivity contribution in [1.29, 1.82) is 0 Å². The predicted molar refractivity (Wildman–Crippen MR) is 99.9 cm³/mol. The van der Waals surface area contributed by atoms with E-state index >= 15 is 0 Å². The van der Waals surface area contributed by atoms with Crippen LogP contribution < -0.4 is 15.4 Å². The molecule has 4 rings (SSSR count). The lowest BCUT2D eigenvalue weighted by Crippen LogP contribution is -2.38. The molecule has 0 bridgehead atoms. The normalized spacial score (nSPS) is 19.5. The van der Waals surface area contributed by atoms with Crippen molar-refractivity contribution in [3.8, 4) is 0 Å². The Labute approximate surface area is 153 Å². The number of nitrogens with two attached hydrogens (primary N) is 1. The summed E-state index contributed by atoms with van der Waals surface area (Å²) in [5.74, 6) is -0.0579. The number of amides is 1. The second-order valence-electron chi connectivity index (χ2n) is 6.68. The van der Waals surface area contributed by atoms with Crippen LogP contribution in [0.2, 0.25) is 0 Å². The van der Waals surface area contributed by atoms with Crippen molar-refractivity contribution < 1.29 is 13.2 Å². The van der Waals surface area contributed by atoms with Gasteiger partial charge in [0.1, 0.15) is 0 Å². The Bertz CT molecular complexity index is 972. The number of anilines is 1. The molecule has 136 valence electrons. The summed E-state index contributed by atoms with van der Waals surface area (Å²) in [4.78, 5) is 12.2. The zero-order chi connectivity index (χ0) is 18.3. The van der Waals surface area contributed by atoms with E-state index in [-0.39, 0.29) is 16.7 Å². The summed E-state index contributed by atoms with van der Waals surface area (Å²) in [6.07, 6.45) is 1.39. The maximum Gasteiger partial charge on any atom is 0.264 e. The maximum atomic E-state index is 13.3. The minimum absolute atomic E-state index is 0.148. The summed E-state index contributed by atoms with van der Waals surface area (Å²) in [5.41, 5.74) is 8.83. The molecule has 1 atom stereocenters. The monoisotopic (exact) mass is 371 g/mol. The lowest BCUT2D eigenvalue weighted by Gasteiger charge is -2.34. The van der Waals surface area contributed by atoms with Crippen LogP contribution in [0, 0.1) is 0 Å². The Hall–Kier alpha value is -2.38. The first-order valence-electron chi connectivity index (χ1n) is 8.75. The minimum atomic E-state index is -3.75. The van der Waals surface area contributed by atoms with Crippen LogP contribution in [-0.4, -0.2) is 34.0 Å². The number of nitrogens with zero attached hydrogens (tertiary/aromatic N) is 1. The molecule has 1 amide bonds. The van der Waals surface area contributed by atoms with Crippen LogP contribution >= 0.6 is 0 Å². The van der Waals surface area contributed by atoms with Crippen LogP contribution in [0.4, 0.5) is 5.69 Å². The maximum absolute atomic E-state index is 13.3. The number of hydrogen-bond acceptors (Lipinski definition) is 4. The van der Waals surface area contributed by atoms with Gasteiger partial charge in [-0.15, -0.1) is 0 Å². The minimum Gasteiger partial charge on any atom is -0.352 e. The largest absolute Gasteiger partial charge is 0.352 e. The highest BCUT2D eigenvalue weighted by Gasteiger charge is 2.33. The number of benzene rings is 2. The van der Waals surface area contributed by atoms with Crippen LogP contribution in [0.5, 0.6) is 0 Å². The van der Waals surface area contributed by atoms with Crippen molar-refractivity contribution in [1.82, 2.24) is 5.32 Å². The first-order chi connectivity index (χ1) is 12.5. The first kappa shape index (κ1) is 17.1. The van der Waals surface area contributed by atoms with Gasteiger partial charge in [-0.05, 0) is 54.6 Å². The van der Waals surface area contributed by atoms with Gasteiger partial charge >= 0.3 is 0 Å². The smallest absolute Gasteiger partial charge is 0.264 e. The summed E-state index contributed by atoms with van der Waals surface area (Å²) in [7, 11) is -3.75. The number of para-hydroxylation sites is 1. The Balaban J connectivity index is 1.78. The van der Waals surface area contributed by atoms with Crippen molar-refractivity contribution in [3.05, 3.63) is 59.2 Å². The Morgan fingerprint density at radius 2 is 2.00 bits per heavy atom. The quantitative estimate of drug-likeness (QED) is 0.857. The summed E-state index contributed by atoms with van der Waals surface area (Å²) in [5, 5.41) is 2.76. The SMILES string of the molecule is NCC1CCN(S(=O)(=O)c2ccc3c(c2)C(=O)NCC3)c2ccccc21. The van der Waals surface area contributed by atoms with Gasteiger partial charge in [-0.1, -0.05) is 24.3 Å². The first-order valence-corrected chi connectivity index (χ1v) is 10.2. The molecule has 0 saturated heterocycles. The molecule has 26 heavy (non-hydrogen) atoms. The molecule has 0 radical (unpaired) electrons. The lowest BCUT2D eigenvalue weighted by molar-refractivity contribution is 0.0945. The van der Waals surface area contributed by atoms with E-state index in [1.807, 2.05) is 24.3 Å². The molecule has 2 aliphatic heterocycles. The summed E-state index contributed by atoms with van der Waals surface area (Å²) in [6, 6.07) is 12.3. The van der Waals surface area contributed by atoms with E-state index in [0.717, 1.165) is 11.1 Å². The molecule has 0 saturated carbocycles. The molecule has 0 spiro atoms. The lowest BCUT2D eigenvalue weighted by atomic mass is 9.91. The molecular formula is C19H21N3O3S. The molecule has 0 aromatic heterocycles. The van der Waals surface area contributed by atoms with Gasteiger partial charge in [0, 0.05) is 18.7 Å². The molecule has 3 N–H and O–H groups in total. The van der Waals surface area contributed by atoms with Gasteiger partial charge in [-0.3, -0.25) is 9.10 Å². The van der Waals surface area contributed by atoms with E-state index in [0.29, 0.717) is 43.7 Å². The Morgan fingerprint density at radius 3 is 2.81 bits per heavy atom. The van der Waals surface area contributed by atoms with E-state index in [2.05, 4.69) is 5.32 Å². The fraction of sp³-hybridized carbons (Fsp3) is 0.316. The second-order valence-corrected chi connectivity index (χ2v) is 8.54.